The lowest BCUT2D eigenvalue weighted by molar-refractivity contribution is -0.121. The largest absolute Gasteiger partial charge is 0.482 e. The molecule has 0 aromatic heterocycles. The first-order valence-corrected chi connectivity index (χ1v) is 10.2. The summed E-state index contributed by atoms with van der Waals surface area (Å²) in [5, 5.41) is 2.63. The number of nitrogens with one attached hydrogen (secondary N) is 1. The molecule has 0 saturated heterocycles. The summed E-state index contributed by atoms with van der Waals surface area (Å²) < 4.78 is 10.7. The lowest BCUT2D eigenvalue weighted by atomic mass is 10.1. The number of ether oxygens (including phenoxy) is 2. The van der Waals surface area contributed by atoms with E-state index in [4.69, 9.17) is 9.47 Å². The van der Waals surface area contributed by atoms with Gasteiger partial charge in [0.2, 0.25) is 0 Å². The van der Waals surface area contributed by atoms with E-state index in [2.05, 4.69) is 5.32 Å². The van der Waals surface area contributed by atoms with E-state index in [1.54, 1.807) is 63.2 Å². The molecule has 4 rings (SSSR count). The van der Waals surface area contributed by atoms with Gasteiger partial charge in [-0.25, -0.2) is 4.79 Å². The number of hydrogen-bond acceptors (Lipinski definition) is 6. The second-order valence-electron chi connectivity index (χ2n) is 8.45. The van der Waals surface area contributed by atoms with E-state index in [9.17, 15) is 19.2 Å². The van der Waals surface area contributed by atoms with Crippen molar-refractivity contribution in [3.8, 4) is 5.75 Å². The van der Waals surface area contributed by atoms with Crippen LogP contribution in [0.2, 0.25) is 0 Å². The minimum atomic E-state index is -0.657. The van der Waals surface area contributed by atoms with Crippen LogP contribution in [0.15, 0.2) is 42.5 Å². The highest BCUT2D eigenvalue weighted by Crippen LogP contribution is 2.35. The van der Waals surface area contributed by atoms with Crippen LogP contribution in [0.25, 0.3) is 0 Å². The van der Waals surface area contributed by atoms with Crippen molar-refractivity contribution in [2.75, 3.05) is 29.9 Å². The van der Waals surface area contributed by atoms with Gasteiger partial charge in [-0.3, -0.25) is 24.6 Å². The molecular formula is C23H23N3O6. The van der Waals surface area contributed by atoms with Gasteiger partial charge in [0, 0.05) is 18.8 Å². The second-order valence-corrected chi connectivity index (χ2v) is 8.45. The molecule has 0 fully saturated rings. The Bertz CT molecular complexity index is 1090. The van der Waals surface area contributed by atoms with Crippen molar-refractivity contribution in [2.24, 2.45) is 0 Å². The second kappa shape index (κ2) is 7.99. The zero-order chi connectivity index (χ0) is 23.0. The fourth-order valence-electron chi connectivity index (χ4n) is 3.59. The Hall–Kier alpha value is -3.88. The molecular weight excluding hydrogens is 414 g/mol. The third-order valence-corrected chi connectivity index (χ3v) is 4.97. The van der Waals surface area contributed by atoms with Gasteiger partial charge in [0.1, 0.15) is 11.4 Å². The summed E-state index contributed by atoms with van der Waals surface area (Å²) in [5.41, 5.74) is 0.911. The first-order chi connectivity index (χ1) is 15.1. The zero-order valence-corrected chi connectivity index (χ0v) is 18.0. The number of rotatable bonds is 4. The molecule has 0 atom stereocenters. The van der Waals surface area contributed by atoms with Gasteiger partial charge in [-0.1, -0.05) is 12.1 Å². The Balaban J connectivity index is 1.51. The molecule has 9 nitrogen and oxygen atoms in total. The molecule has 0 spiro atoms. The molecule has 2 heterocycles. The number of benzene rings is 2. The van der Waals surface area contributed by atoms with Gasteiger partial charge >= 0.3 is 6.09 Å². The summed E-state index contributed by atoms with van der Waals surface area (Å²) in [4.78, 5) is 52.5. The van der Waals surface area contributed by atoms with Crippen LogP contribution in [0.5, 0.6) is 5.75 Å². The standard InChI is InChI=1S/C23H23N3O6/c1-23(2,3)32-22(30)24-14-8-9-18-17(12-14)25(19(27)13-31-18)10-11-26-20(28)15-6-4-5-7-16(15)21(26)29/h4-9,12H,10-11,13H2,1-3H3,(H,24,30). The van der Waals surface area contributed by atoms with E-state index in [0.717, 1.165) is 4.90 Å². The van der Waals surface area contributed by atoms with Crippen molar-refractivity contribution >= 4 is 35.2 Å². The summed E-state index contributed by atoms with van der Waals surface area (Å²) in [7, 11) is 0. The number of imide groups is 1. The Morgan fingerprint density at radius 1 is 1.00 bits per heavy atom. The number of amides is 4. The highest BCUT2D eigenvalue weighted by atomic mass is 16.6. The number of hydrogen-bond donors (Lipinski definition) is 1. The average molecular weight is 437 g/mol. The van der Waals surface area contributed by atoms with E-state index in [0.29, 0.717) is 28.3 Å². The smallest absolute Gasteiger partial charge is 0.412 e. The molecule has 32 heavy (non-hydrogen) atoms. The first-order valence-electron chi connectivity index (χ1n) is 10.2. The maximum atomic E-state index is 12.6. The molecule has 2 aromatic carbocycles. The molecule has 0 aliphatic carbocycles. The Morgan fingerprint density at radius 2 is 1.62 bits per heavy atom. The van der Waals surface area contributed by atoms with Crippen LogP contribution in [0, 0.1) is 0 Å². The number of carbonyl (C=O) groups excluding carboxylic acids is 4. The molecule has 2 aromatic rings. The Labute approximate surface area is 184 Å². The normalized spacial score (nSPS) is 15.3. The van der Waals surface area contributed by atoms with Gasteiger partial charge in [-0.15, -0.1) is 0 Å². The van der Waals surface area contributed by atoms with Crippen molar-refractivity contribution in [3.05, 3.63) is 53.6 Å². The maximum Gasteiger partial charge on any atom is 0.412 e. The fourth-order valence-corrected chi connectivity index (χ4v) is 3.59. The van der Waals surface area contributed by atoms with E-state index in [-0.39, 0.29) is 37.4 Å². The van der Waals surface area contributed by atoms with E-state index in [1.807, 2.05) is 0 Å². The lowest BCUT2D eigenvalue weighted by Gasteiger charge is -2.31. The average Bonchev–Trinajstić information content (AvgIpc) is 2.96. The van der Waals surface area contributed by atoms with Crippen LogP contribution in [-0.2, 0) is 9.53 Å². The minimum absolute atomic E-state index is 0.0290. The molecule has 0 unspecified atom stereocenters. The van der Waals surface area contributed by atoms with Gasteiger partial charge in [0.15, 0.2) is 6.61 Å². The lowest BCUT2D eigenvalue weighted by Crippen LogP contribution is -2.44. The van der Waals surface area contributed by atoms with E-state index in [1.165, 1.54) is 4.90 Å². The molecule has 9 heteroatoms. The fraction of sp³-hybridized carbons (Fsp3) is 0.304. The summed E-state index contributed by atoms with van der Waals surface area (Å²) in [6.07, 6.45) is -0.627. The van der Waals surface area contributed by atoms with Gasteiger partial charge in [0.25, 0.3) is 17.7 Å². The number of anilines is 2. The molecule has 2 aliphatic rings. The summed E-state index contributed by atoms with van der Waals surface area (Å²) in [6.45, 7) is 5.23. The van der Waals surface area contributed by atoms with Crippen molar-refractivity contribution in [1.29, 1.82) is 0 Å². The van der Waals surface area contributed by atoms with Crippen molar-refractivity contribution < 1.29 is 28.7 Å². The third kappa shape index (κ3) is 4.14. The molecule has 0 radical (unpaired) electrons. The predicted molar refractivity (Wildman–Crippen MR) is 116 cm³/mol. The summed E-state index contributed by atoms with van der Waals surface area (Å²) in [6, 6.07) is 11.5. The van der Waals surface area contributed by atoms with Crippen LogP contribution in [0.4, 0.5) is 16.2 Å². The number of carbonyl (C=O) groups is 4. The van der Waals surface area contributed by atoms with Gasteiger partial charge in [0.05, 0.1) is 16.8 Å². The van der Waals surface area contributed by atoms with Crippen LogP contribution < -0.4 is 15.0 Å². The Kier molecular flexibility index (Phi) is 5.33. The van der Waals surface area contributed by atoms with E-state index >= 15 is 0 Å². The third-order valence-electron chi connectivity index (χ3n) is 4.97. The highest BCUT2D eigenvalue weighted by Gasteiger charge is 2.36. The molecule has 2 aliphatic heterocycles. The Morgan fingerprint density at radius 3 is 2.25 bits per heavy atom. The van der Waals surface area contributed by atoms with Crippen molar-refractivity contribution in [2.45, 2.75) is 26.4 Å². The molecule has 166 valence electrons. The van der Waals surface area contributed by atoms with Gasteiger partial charge in [-0.2, -0.15) is 0 Å². The molecule has 1 N–H and O–H groups in total. The van der Waals surface area contributed by atoms with Crippen molar-refractivity contribution in [1.82, 2.24) is 4.90 Å². The minimum Gasteiger partial charge on any atom is -0.482 e. The van der Waals surface area contributed by atoms with Crippen molar-refractivity contribution in [3.63, 3.8) is 0 Å². The first kappa shape index (κ1) is 21.4. The molecule has 0 saturated carbocycles. The predicted octanol–water partition coefficient (Wildman–Crippen LogP) is 3.06. The van der Waals surface area contributed by atoms with Gasteiger partial charge < -0.3 is 14.4 Å². The molecule has 4 amide bonds. The van der Waals surface area contributed by atoms with Crippen LogP contribution >= 0.6 is 0 Å². The molecule has 0 bridgehead atoms. The summed E-state index contributed by atoms with van der Waals surface area (Å²) >= 11 is 0. The van der Waals surface area contributed by atoms with Crippen LogP contribution in [-0.4, -0.2) is 54.0 Å². The SMILES string of the molecule is CC(C)(C)OC(=O)Nc1ccc2c(c1)N(CCN1C(=O)c3ccccc3C1=O)C(=O)CO2. The topological polar surface area (TPSA) is 105 Å². The number of nitrogens with zero attached hydrogens (tertiary/aromatic N) is 2. The van der Waals surface area contributed by atoms with Crippen LogP contribution in [0.1, 0.15) is 41.5 Å². The van der Waals surface area contributed by atoms with Crippen LogP contribution in [0.3, 0.4) is 0 Å². The monoisotopic (exact) mass is 437 g/mol. The quantitative estimate of drug-likeness (QED) is 0.737. The van der Waals surface area contributed by atoms with E-state index < -0.39 is 11.7 Å². The maximum absolute atomic E-state index is 12.6. The zero-order valence-electron chi connectivity index (χ0n) is 18.0. The summed E-state index contributed by atoms with van der Waals surface area (Å²) in [5.74, 6) is -0.621. The van der Waals surface area contributed by atoms with Gasteiger partial charge in [-0.05, 0) is 51.1 Å². The number of fused-ring (bicyclic) bond motifs is 2. The highest BCUT2D eigenvalue weighted by molar-refractivity contribution is 6.21.